The van der Waals surface area contributed by atoms with E-state index in [0.29, 0.717) is 6.04 Å². The summed E-state index contributed by atoms with van der Waals surface area (Å²) in [6, 6.07) is 4.79. The molecule has 1 atom stereocenters. The fourth-order valence-corrected chi connectivity index (χ4v) is 1.90. The molecule has 2 heterocycles. The molecule has 1 aromatic heterocycles. The smallest absolute Gasteiger partial charge is 0.759 e. The average molecular weight is 298 g/mol. The van der Waals surface area contributed by atoms with Gasteiger partial charge in [-0.2, -0.15) is 0 Å². The number of rotatable bonds is 1. The van der Waals surface area contributed by atoms with Crippen molar-refractivity contribution in [1.29, 1.82) is 0 Å². The van der Waals surface area contributed by atoms with Crippen molar-refractivity contribution in [2.75, 3.05) is 13.6 Å². The molecule has 0 saturated carbocycles. The molecule has 1 saturated heterocycles. The second-order valence-electron chi connectivity index (χ2n) is 3.83. The Bertz CT molecular complexity index is 432. The van der Waals surface area contributed by atoms with E-state index >= 15 is 0 Å². The third-order valence-corrected chi connectivity index (χ3v) is 2.59. The number of nitrogens with zero attached hydrogens (tertiary/aromatic N) is 2. The summed E-state index contributed by atoms with van der Waals surface area (Å²) in [7, 11) is -2.98. The van der Waals surface area contributed by atoms with Gasteiger partial charge >= 0.3 is 37.7 Å². The molecule has 96 valence electrons. The van der Waals surface area contributed by atoms with Gasteiger partial charge in [-0.25, -0.2) is 0 Å². The van der Waals surface area contributed by atoms with E-state index in [4.69, 9.17) is 17.5 Å². The Morgan fingerprint density at radius 3 is 2.44 bits per heavy atom. The first-order valence-corrected chi connectivity index (χ1v) is 6.48. The second-order valence-corrected chi connectivity index (χ2v) is 4.65. The monoisotopic (exact) mass is 298 g/mol. The van der Waals surface area contributed by atoms with Crippen LogP contribution in [0.3, 0.4) is 0 Å². The largest absolute Gasteiger partial charge is 2.00 e. The minimum atomic E-state index is -5.17. The topological polar surface area (TPSA) is 96.4 Å². The zero-order valence-corrected chi connectivity index (χ0v) is 13.2. The number of aromatic nitrogens is 1. The molecule has 0 spiro atoms. The van der Waals surface area contributed by atoms with Crippen molar-refractivity contribution in [1.82, 2.24) is 9.88 Å². The molecule has 1 unspecified atom stereocenters. The molecule has 0 N–H and O–H groups in total. The number of hydrogen-bond donors (Lipinski definition) is 0. The summed E-state index contributed by atoms with van der Waals surface area (Å²) in [5, 5.41) is 0. The summed E-state index contributed by atoms with van der Waals surface area (Å²) in [4.78, 5) is 6.54. The Morgan fingerprint density at radius 1 is 1.44 bits per heavy atom. The molecule has 1 aliphatic rings. The van der Waals surface area contributed by atoms with Crippen molar-refractivity contribution in [3.05, 3.63) is 30.1 Å². The van der Waals surface area contributed by atoms with Crippen LogP contribution in [0, 0.1) is 0 Å². The maximum atomic E-state index is 8.52. The Hall–Kier alpha value is 0.240. The van der Waals surface area contributed by atoms with E-state index in [1.807, 2.05) is 18.5 Å². The van der Waals surface area contributed by atoms with E-state index in [0.717, 1.165) is 0 Å². The van der Waals surface area contributed by atoms with E-state index in [-0.39, 0.29) is 37.7 Å². The van der Waals surface area contributed by atoms with Gasteiger partial charge in [-0.3, -0.25) is 18.3 Å². The van der Waals surface area contributed by atoms with Crippen LogP contribution in [0.5, 0.6) is 0 Å². The zero-order valence-electron chi connectivity index (χ0n) is 10.2. The van der Waals surface area contributed by atoms with Crippen LogP contribution in [-0.2, 0) is 10.4 Å². The standard InChI is InChI=1S/C10H14N2.Ca.H2O4S/c1-12-7-3-5-10(12)9-4-2-6-11-8-9;;1-5(2,3)4/h2,4,6,8,10H,3,5,7H2,1H3;;(H2,1,2,3,4)/q;+2;/p-2. The maximum Gasteiger partial charge on any atom is 2.00 e. The molecule has 0 amide bonds. The van der Waals surface area contributed by atoms with Crippen molar-refractivity contribution in [2.24, 2.45) is 0 Å². The molecular formula is C10H14CaN2O4S. The van der Waals surface area contributed by atoms with Crippen molar-refractivity contribution in [3.8, 4) is 0 Å². The summed E-state index contributed by atoms with van der Waals surface area (Å²) in [5.41, 5.74) is 1.36. The molecule has 2 rings (SSSR count). The van der Waals surface area contributed by atoms with E-state index in [1.165, 1.54) is 24.9 Å². The van der Waals surface area contributed by atoms with Gasteiger partial charge in [0.2, 0.25) is 0 Å². The molecule has 18 heavy (non-hydrogen) atoms. The molecule has 8 heteroatoms. The molecule has 1 fully saturated rings. The normalized spacial score (nSPS) is 19.6. The van der Waals surface area contributed by atoms with Crippen LogP contribution in [0.1, 0.15) is 24.4 Å². The molecule has 1 aromatic rings. The van der Waals surface area contributed by atoms with Crippen LogP contribution in [0.15, 0.2) is 24.5 Å². The fraction of sp³-hybridized carbons (Fsp3) is 0.500. The van der Waals surface area contributed by atoms with E-state index in [2.05, 4.69) is 23.0 Å². The van der Waals surface area contributed by atoms with Crippen molar-refractivity contribution in [3.63, 3.8) is 0 Å². The van der Waals surface area contributed by atoms with E-state index in [9.17, 15) is 0 Å². The predicted octanol–water partition coefficient (Wildman–Crippen LogP) is 0.129. The maximum absolute atomic E-state index is 8.52. The number of pyridine rings is 1. The first-order valence-electron chi connectivity index (χ1n) is 5.15. The third-order valence-electron chi connectivity index (χ3n) is 2.59. The summed E-state index contributed by atoms with van der Waals surface area (Å²) in [5.74, 6) is 0. The van der Waals surface area contributed by atoms with Gasteiger partial charge in [-0.15, -0.1) is 0 Å². The minimum Gasteiger partial charge on any atom is -0.759 e. The first-order chi connectivity index (χ1) is 7.88. The zero-order chi connectivity index (χ0) is 12.9. The Kier molecular flexibility index (Phi) is 8.53. The second kappa shape index (κ2) is 8.42. The molecular weight excluding hydrogens is 284 g/mol. The third kappa shape index (κ3) is 7.63. The van der Waals surface area contributed by atoms with Crippen LogP contribution in [0.25, 0.3) is 0 Å². The average Bonchev–Trinajstić information content (AvgIpc) is 2.63. The number of hydrogen-bond acceptors (Lipinski definition) is 6. The Balaban J connectivity index is 0.000000421. The van der Waals surface area contributed by atoms with Gasteiger partial charge in [-0.1, -0.05) is 6.07 Å². The summed E-state index contributed by atoms with van der Waals surface area (Å²) < 4.78 is 34.1. The van der Waals surface area contributed by atoms with Crippen molar-refractivity contribution in [2.45, 2.75) is 18.9 Å². The SMILES string of the molecule is CN1CCCC1c1cccnc1.O=S(=O)([O-])[O-].[Ca+2]. The van der Waals surface area contributed by atoms with Crippen LogP contribution < -0.4 is 0 Å². The summed E-state index contributed by atoms with van der Waals surface area (Å²) >= 11 is 0. The van der Waals surface area contributed by atoms with Crippen molar-refractivity contribution < 1.29 is 17.5 Å². The first kappa shape index (κ1) is 18.2. The minimum absolute atomic E-state index is 0. The van der Waals surface area contributed by atoms with Gasteiger partial charge < -0.3 is 9.11 Å². The molecule has 0 radical (unpaired) electrons. The van der Waals surface area contributed by atoms with Crippen LogP contribution in [0.4, 0.5) is 0 Å². The molecule has 0 aliphatic carbocycles. The van der Waals surface area contributed by atoms with Gasteiger partial charge in [0.05, 0.1) is 0 Å². The summed E-state index contributed by atoms with van der Waals surface area (Å²) in [6.45, 7) is 1.22. The van der Waals surface area contributed by atoms with Crippen molar-refractivity contribution >= 4 is 48.1 Å². The van der Waals surface area contributed by atoms with E-state index < -0.39 is 10.4 Å². The Labute approximate surface area is 137 Å². The molecule has 1 aliphatic heterocycles. The van der Waals surface area contributed by atoms with Crippen LogP contribution >= 0.6 is 0 Å². The van der Waals surface area contributed by atoms with Gasteiger partial charge in [0.25, 0.3) is 0 Å². The molecule has 0 aromatic carbocycles. The van der Waals surface area contributed by atoms with Gasteiger partial charge in [0, 0.05) is 28.8 Å². The van der Waals surface area contributed by atoms with Crippen LogP contribution in [0.2, 0.25) is 0 Å². The Morgan fingerprint density at radius 2 is 2.06 bits per heavy atom. The summed E-state index contributed by atoms with van der Waals surface area (Å²) in [6.07, 6.45) is 6.41. The van der Waals surface area contributed by atoms with Crippen LogP contribution in [-0.4, -0.2) is 78.7 Å². The quantitative estimate of drug-likeness (QED) is 0.415. The van der Waals surface area contributed by atoms with Gasteiger partial charge in [0.15, 0.2) is 0 Å². The van der Waals surface area contributed by atoms with Gasteiger partial charge in [-0.05, 0) is 38.1 Å². The fourth-order valence-electron chi connectivity index (χ4n) is 1.90. The molecule has 0 bridgehead atoms. The number of likely N-dealkylation sites (tertiary alicyclic amines) is 1. The predicted molar refractivity (Wildman–Crippen MR) is 65.1 cm³/mol. The van der Waals surface area contributed by atoms with E-state index in [1.54, 1.807) is 0 Å². The van der Waals surface area contributed by atoms with Gasteiger partial charge in [0.1, 0.15) is 0 Å². The molecule has 6 nitrogen and oxygen atoms in total.